The molecule has 0 saturated carbocycles. The van der Waals surface area contributed by atoms with Crippen molar-refractivity contribution in [2.75, 3.05) is 44.2 Å². The monoisotopic (exact) mass is 447 g/mol. The molecular formula is C26H33N5O2. The van der Waals surface area contributed by atoms with Crippen molar-refractivity contribution in [3.05, 3.63) is 36.0 Å². The number of hydrogen-bond donors (Lipinski definition) is 0. The molecule has 1 aromatic carbocycles. The van der Waals surface area contributed by atoms with Crippen molar-refractivity contribution in [2.45, 2.75) is 57.3 Å². The van der Waals surface area contributed by atoms with Crippen LogP contribution in [0.1, 0.15) is 44.6 Å². The molecule has 7 nitrogen and oxygen atoms in total. The van der Waals surface area contributed by atoms with Crippen LogP contribution in [-0.4, -0.2) is 78.2 Å². The number of amides is 1. The second-order valence-electron chi connectivity index (χ2n) is 9.69. The van der Waals surface area contributed by atoms with Crippen LogP contribution in [0.3, 0.4) is 0 Å². The lowest BCUT2D eigenvalue weighted by Crippen LogP contribution is -2.54. The van der Waals surface area contributed by atoms with Gasteiger partial charge in [0.25, 0.3) is 0 Å². The van der Waals surface area contributed by atoms with Crippen LogP contribution in [-0.2, 0) is 9.53 Å². The number of carbonyl (C=O) groups is 1. The topological polar surface area (TPSA) is 72.7 Å². The van der Waals surface area contributed by atoms with Crippen LogP contribution in [0.15, 0.2) is 30.5 Å². The molecule has 0 bridgehead atoms. The molecule has 4 heterocycles. The average molecular weight is 448 g/mol. The molecule has 2 atom stereocenters. The minimum atomic E-state index is 0.129. The fourth-order valence-corrected chi connectivity index (χ4v) is 5.78. The number of benzene rings is 1. The Morgan fingerprint density at radius 3 is 2.79 bits per heavy atom. The van der Waals surface area contributed by atoms with Gasteiger partial charge < -0.3 is 19.4 Å². The van der Waals surface area contributed by atoms with Crippen molar-refractivity contribution >= 4 is 22.5 Å². The zero-order valence-electron chi connectivity index (χ0n) is 19.4. The van der Waals surface area contributed by atoms with E-state index in [-0.39, 0.29) is 12.2 Å². The predicted molar refractivity (Wildman–Crippen MR) is 128 cm³/mol. The van der Waals surface area contributed by atoms with Gasteiger partial charge in [0.15, 0.2) is 0 Å². The van der Waals surface area contributed by atoms with E-state index < -0.39 is 0 Å². The zero-order valence-corrected chi connectivity index (χ0v) is 19.4. The minimum absolute atomic E-state index is 0.129. The highest BCUT2D eigenvalue weighted by atomic mass is 16.5. The van der Waals surface area contributed by atoms with Crippen LogP contribution in [0.2, 0.25) is 0 Å². The van der Waals surface area contributed by atoms with Gasteiger partial charge in [0.2, 0.25) is 5.91 Å². The number of nitrogens with zero attached hydrogens (tertiary/aromatic N) is 5. The second-order valence-corrected chi connectivity index (χ2v) is 9.69. The van der Waals surface area contributed by atoms with Gasteiger partial charge in [0, 0.05) is 69.0 Å². The lowest BCUT2D eigenvalue weighted by Gasteiger charge is -2.43. The average Bonchev–Trinajstić information content (AvgIpc) is 2.84. The van der Waals surface area contributed by atoms with E-state index in [1.54, 1.807) is 6.20 Å². The number of hydrogen-bond acceptors (Lipinski definition) is 6. The molecule has 5 rings (SSSR count). The van der Waals surface area contributed by atoms with Gasteiger partial charge in [-0.15, -0.1) is 0 Å². The number of likely N-dealkylation sites (tertiary alicyclic amines) is 2. The number of piperidine rings is 2. The third kappa shape index (κ3) is 4.68. The number of carbonyl (C=O) groups excluding carboxylic acids is 1. The molecule has 7 heteroatoms. The molecule has 1 amide bonds. The third-order valence-electron chi connectivity index (χ3n) is 7.35. The summed E-state index contributed by atoms with van der Waals surface area (Å²) in [5, 5.41) is 10.5. The molecule has 3 aliphatic heterocycles. The largest absolute Gasteiger partial charge is 0.370 e. The van der Waals surface area contributed by atoms with Crippen molar-refractivity contribution in [1.82, 2.24) is 14.8 Å². The molecule has 3 saturated heterocycles. The van der Waals surface area contributed by atoms with E-state index in [0.29, 0.717) is 17.5 Å². The Labute approximate surface area is 195 Å². The highest BCUT2D eigenvalue weighted by Crippen LogP contribution is 2.31. The number of ether oxygens (including phenoxy) is 1. The Hall–Kier alpha value is -2.69. The third-order valence-corrected chi connectivity index (χ3v) is 7.35. The molecule has 0 aliphatic carbocycles. The van der Waals surface area contributed by atoms with Gasteiger partial charge in [-0.2, -0.15) is 5.26 Å². The maximum atomic E-state index is 12.3. The number of fused-ring (bicyclic) bond motifs is 1. The number of morpholine rings is 1. The van der Waals surface area contributed by atoms with Crippen LogP contribution >= 0.6 is 0 Å². The summed E-state index contributed by atoms with van der Waals surface area (Å²) in [6.45, 7) is 7.68. The maximum Gasteiger partial charge on any atom is 0.222 e. The number of pyridine rings is 1. The van der Waals surface area contributed by atoms with Crippen LogP contribution in [0, 0.1) is 11.3 Å². The molecular weight excluding hydrogens is 414 g/mol. The molecule has 174 valence electrons. The van der Waals surface area contributed by atoms with Crippen molar-refractivity contribution < 1.29 is 9.53 Å². The molecule has 2 aromatic rings. The van der Waals surface area contributed by atoms with Gasteiger partial charge in [-0.05, 0) is 56.9 Å². The van der Waals surface area contributed by atoms with Crippen molar-refractivity contribution in [3.8, 4) is 6.07 Å². The number of aromatic nitrogens is 1. The zero-order chi connectivity index (χ0) is 22.8. The SMILES string of the molecule is C[C@@H]1CN(c2ccc(C#N)c3ncccc23)C[C@@H](CN2CCC(N3CCCCC3=O)CC2)O1. The number of anilines is 1. The summed E-state index contributed by atoms with van der Waals surface area (Å²) in [5.41, 5.74) is 2.50. The van der Waals surface area contributed by atoms with Gasteiger partial charge >= 0.3 is 0 Å². The summed E-state index contributed by atoms with van der Waals surface area (Å²) in [4.78, 5) is 23.8. The molecule has 33 heavy (non-hydrogen) atoms. The van der Waals surface area contributed by atoms with Crippen LogP contribution < -0.4 is 4.90 Å². The standard InChI is InChI=1S/C26H33N5O2/c1-19-16-30(24-8-7-20(15-27)26-23(24)5-4-11-28-26)18-22(33-19)17-29-13-9-21(10-14-29)31-12-3-2-6-25(31)32/h4-5,7-8,11,19,21-22H,2-3,6,9-10,12-14,16-18H2,1H3/t19-,22-/m1/s1. The first-order valence-corrected chi connectivity index (χ1v) is 12.3. The lowest BCUT2D eigenvalue weighted by molar-refractivity contribution is -0.137. The van der Waals surface area contributed by atoms with Gasteiger partial charge in [0.1, 0.15) is 6.07 Å². The summed E-state index contributed by atoms with van der Waals surface area (Å²) in [5.74, 6) is 0.351. The smallest absolute Gasteiger partial charge is 0.222 e. The number of rotatable bonds is 4. The molecule has 3 fully saturated rings. The van der Waals surface area contributed by atoms with Crippen molar-refractivity contribution in [2.24, 2.45) is 0 Å². The van der Waals surface area contributed by atoms with E-state index in [1.165, 1.54) is 0 Å². The Kier molecular flexibility index (Phi) is 6.48. The van der Waals surface area contributed by atoms with Crippen molar-refractivity contribution in [3.63, 3.8) is 0 Å². The summed E-state index contributed by atoms with van der Waals surface area (Å²) >= 11 is 0. The van der Waals surface area contributed by atoms with E-state index in [4.69, 9.17) is 4.74 Å². The second kappa shape index (κ2) is 9.66. The highest BCUT2D eigenvalue weighted by molar-refractivity contribution is 5.95. The van der Waals surface area contributed by atoms with Crippen LogP contribution in [0.25, 0.3) is 10.9 Å². The quantitative estimate of drug-likeness (QED) is 0.717. The van der Waals surface area contributed by atoms with E-state index in [2.05, 4.69) is 44.8 Å². The van der Waals surface area contributed by atoms with Crippen molar-refractivity contribution in [1.29, 1.82) is 5.26 Å². The van der Waals surface area contributed by atoms with E-state index in [9.17, 15) is 10.1 Å². The Morgan fingerprint density at radius 2 is 2.00 bits per heavy atom. The van der Waals surface area contributed by atoms with E-state index in [0.717, 1.165) is 88.0 Å². The first kappa shape index (κ1) is 22.1. The summed E-state index contributed by atoms with van der Waals surface area (Å²) < 4.78 is 6.34. The normalized spacial score (nSPS) is 25.4. The molecule has 3 aliphatic rings. The highest BCUT2D eigenvalue weighted by Gasteiger charge is 2.32. The summed E-state index contributed by atoms with van der Waals surface area (Å²) in [6.07, 6.45) is 7.05. The van der Waals surface area contributed by atoms with Gasteiger partial charge in [-0.3, -0.25) is 9.78 Å². The van der Waals surface area contributed by atoms with Gasteiger partial charge in [-0.1, -0.05) is 0 Å². The predicted octanol–water partition coefficient (Wildman–Crippen LogP) is 3.18. The van der Waals surface area contributed by atoms with Gasteiger partial charge in [-0.25, -0.2) is 0 Å². The molecule has 1 aromatic heterocycles. The minimum Gasteiger partial charge on any atom is -0.370 e. The fourth-order valence-electron chi connectivity index (χ4n) is 5.78. The van der Waals surface area contributed by atoms with E-state index >= 15 is 0 Å². The lowest BCUT2D eigenvalue weighted by atomic mass is 9.99. The first-order chi connectivity index (χ1) is 16.1. The molecule has 0 spiro atoms. The Balaban J connectivity index is 1.24. The summed E-state index contributed by atoms with van der Waals surface area (Å²) in [6, 6.07) is 10.6. The molecule has 0 N–H and O–H groups in total. The van der Waals surface area contributed by atoms with Crippen LogP contribution in [0.4, 0.5) is 5.69 Å². The van der Waals surface area contributed by atoms with E-state index in [1.807, 2.05) is 12.1 Å². The Morgan fingerprint density at radius 1 is 1.15 bits per heavy atom. The number of nitriles is 1. The summed E-state index contributed by atoms with van der Waals surface area (Å²) in [7, 11) is 0. The maximum absolute atomic E-state index is 12.3. The molecule has 0 unspecified atom stereocenters. The fraction of sp³-hybridized carbons (Fsp3) is 0.577. The van der Waals surface area contributed by atoms with Crippen LogP contribution in [0.5, 0.6) is 0 Å². The molecule has 0 radical (unpaired) electrons. The first-order valence-electron chi connectivity index (χ1n) is 12.3. The Bertz CT molecular complexity index is 1040. The van der Waals surface area contributed by atoms with Gasteiger partial charge in [0.05, 0.1) is 23.3 Å².